The molecule has 19 heavy (non-hydrogen) atoms. The molecule has 2 aliphatic carbocycles. The van der Waals surface area contributed by atoms with Crippen molar-refractivity contribution in [3.8, 4) is 0 Å². The molecule has 1 N–H and O–H groups in total. The lowest BCUT2D eigenvalue weighted by atomic mass is 9.97. The lowest BCUT2D eigenvalue weighted by Crippen LogP contribution is -2.34. The van der Waals surface area contributed by atoms with Crippen LogP contribution >= 0.6 is 15.9 Å². The molecule has 0 amide bonds. The largest absolute Gasteiger partial charge is 0.314 e. The van der Waals surface area contributed by atoms with Crippen molar-refractivity contribution < 1.29 is 4.39 Å². The number of fused-ring (bicyclic) bond motifs is 1. The summed E-state index contributed by atoms with van der Waals surface area (Å²) in [4.78, 5) is 0. The predicted octanol–water partition coefficient (Wildman–Crippen LogP) is 4.15. The molecule has 0 aliphatic heterocycles. The molecule has 3 atom stereocenters. The molecule has 0 heterocycles. The summed E-state index contributed by atoms with van der Waals surface area (Å²) in [5.41, 5.74) is 1.22. The van der Waals surface area contributed by atoms with Crippen molar-refractivity contribution in [3.63, 3.8) is 0 Å². The summed E-state index contributed by atoms with van der Waals surface area (Å²) in [6.45, 7) is 3.18. The van der Waals surface area contributed by atoms with Crippen molar-refractivity contribution in [1.29, 1.82) is 0 Å². The Labute approximate surface area is 123 Å². The molecule has 3 heteroatoms. The van der Waals surface area contributed by atoms with E-state index in [-0.39, 0.29) is 5.82 Å². The lowest BCUT2D eigenvalue weighted by Gasteiger charge is -2.20. The van der Waals surface area contributed by atoms with Crippen LogP contribution in [0, 0.1) is 23.6 Å². The van der Waals surface area contributed by atoms with E-state index >= 15 is 0 Å². The van der Waals surface area contributed by atoms with Gasteiger partial charge in [0, 0.05) is 10.5 Å². The van der Waals surface area contributed by atoms with Gasteiger partial charge in [0.25, 0.3) is 0 Å². The molecule has 0 radical (unpaired) electrons. The smallest absolute Gasteiger partial charge is 0.124 e. The molecule has 3 unspecified atom stereocenters. The van der Waals surface area contributed by atoms with Gasteiger partial charge in [0.1, 0.15) is 5.82 Å². The van der Waals surface area contributed by atoms with Crippen LogP contribution in [0.5, 0.6) is 0 Å². The van der Waals surface area contributed by atoms with Gasteiger partial charge in [0.2, 0.25) is 0 Å². The molecule has 0 spiro atoms. The number of rotatable bonds is 5. The number of benzene rings is 1. The minimum atomic E-state index is -0.168. The molecule has 2 saturated carbocycles. The minimum absolute atomic E-state index is 0.168. The quantitative estimate of drug-likeness (QED) is 0.857. The second-order valence-corrected chi connectivity index (χ2v) is 6.79. The molecule has 3 rings (SSSR count). The van der Waals surface area contributed by atoms with Crippen molar-refractivity contribution in [2.24, 2.45) is 17.8 Å². The highest BCUT2D eigenvalue weighted by Crippen LogP contribution is 2.59. The Morgan fingerprint density at radius 2 is 2.11 bits per heavy atom. The van der Waals surface area contributed by atoms with Crippen LogP contribution in [0.4, 0.5) is 4.39 Å². The van der Waals surface area contributed by atoms with Crippen molar-refractivity contribution in [2.45, 2.75) is 38.6 Å². The molecule has 1 aromatic rings. The van der Waals surface area contributed by atoms with Gasteiger partial charge in [-0.1, -0.05) is 35.3 Å². The molecule has 1 nitrogen and oxygen atoms in total. The Bertz CT molecular complexity index is 452. The van der Waals surface area contributed by atoms with E-state index < -0.39 is 0 Å². The maximum Gasteiger partial charge on any atom is 0.124 e. The average Bonchev–Trinajstić information content (AvgIpc) is 2.85. The normalized spacial score (nSPS) is 30.2. The van der Waals surface area contributed by atoms with Crippen LogP contribution in [-0.4, -0.2) is 12.6 Å². The first kappa shape index (κ1) is 13.6. The van der Waals surface area contributed by atoms with Crippen LogP contribution in [0.1, 0.15) is 31.7 Å². The third-order valence-corrected chi connectivity index (χ3v) is 5.60. The minimum Gasteiger partial charge on any atom is -0.314 e. The van der Waals surface area contributed by atoms with E-state index in [9.17, 15) is 4.39 Å². The fourth-order valence-corrected chi connectivity index (χ4v) is 4.52. The van der Waals surface area contributed by atoms with E-state index in [1.807, 2.05) is 6.07 Å². The SMILES string of the molecule is CCNC(Cc1ccc(F)cc1Br)C1C2CCCC21. The first-order chi connectivity index (χ1) is 9.20. The van der Waals surface area contributed by atoms with Crippen molar-refractivity contribution >= 4 is 15.9 Å². The Morgan fingerprint density at radius 1 is 1.37 bits per heavy atom. The van der Waals surface area contributed by atoms with Gasteiger partial charge < -0.3 is 5.32 Å². The van der Waals surface area contributed by atoms with Gasteiger partial charge in [0.15, 0.2) is 0 Å². The molecule has 0 aromatic heterocycles. The third kappa shape index (κ3) is 2.73. The zero-order valence-electron chi connectivity index (χ0n) is 11.3. The summed E-state index contributed by atoms with van der Waals surface area (Å²) in [5.74, 6) is 2.61. The number of hydrogen-bond acceptors (Lipinski definition) is 1. The van der Waals surface area contributed by atoms with Gasteiger partial charge in [-0.3, -0.25) is 0 Å². The number of hydrogen-bond donors (Lipinski definition) is 1. The number of nitrogens with one attached hydrogen (secondary N) is 1. The Hall–Kier alpha value is -0.410. The molecule has 104 valence electrons. The summed E-state index contributed by atoms with van der Waals surface area (Å²) >= 11 is 3.49. The molecule has 2 fully saturated rings. The summed E-state index contributed by atoms with van der Waals surface area (Å²) in [6, 6.07) is 5.62. The van der Waals surface area contributed by atoms with Gasteiger partial charge in [-0.05, 0) is 61.3 Å². The molecule has 0 bridgehead atoms. The van der Waals surface area contributed by atoms with Crippen molar-refractivity contribution in [1.82, 2.24) is 5.32 Å². The van der Waals surface area contributed by atoms with Crippen LogP contribution < -0.4 is 5.32 Å². The maximum absolute atomic E-state index is 13.1. The summed E-state index contributed by atoms with van der Waals surface area (Å²) in [5, 5.41) is 3.65. The van der Waals surface area contributed by atoms with Crippen molar-refractivity contribution in [3.05, 3.63) is 34.1 Å². The predicted molar refractivity (Wildman–Crippen MR) is 79.6 cm³/mol. The summed E-state index contributed by atoms with van der Waals surface area (Å²) in [7, 11) is 0. The number of likely N-dealkylation sites (N-methyl/N-ethyl adjacent to an activating group) is 1. The molecule has 2 aliphatic rings. The zero-order chi connectivity index (χ0) is 13.4. The van der Waals surface area contributed by atoms with E-state index in [1.54, 1.807) is 12.1 Å². The average molecular weight is 326 g/mol. The Morgan fingerprint density at radius 3 is 2.74 bits per heavy atom. The molecular formula is C16H21BrFN. The van der Waals surface area contributed by atoms with E-state index in [0.717, 1.165) is 35.2 Å². The summed E-state index contributed by atoms with van der Waals surface area (Å²) < 4.78 is 14.1. The van der Waals surface area contributed by atoms with Crippen LogP contribution in [-0.2, 0) is 6.42 Å². The van der Waals surface area contributed by atoms with Gasteiger partial charge in [-0.15, -0.1) is 0 Å². The van der Waals surface area contributed by atoms with E-state index in [4.69, 9.17) is 0 Å². The van der Waals surface area contributed by atoms with E-state index in [0.29, 0.717) is 6.04 Å². The van der Waals surface area contributed by atoms with Gasteiger partial charge >= 0.3 is 0 Å². The summed E-state index contributed by atoms with van der Waals surface area (Å²) in [6.07, 6.45) is 5.26. The van der Waals surface area contributed by atoms with Gasteiger partial charge in [-0.2, -0.15) is 0 Å². The third-order valence-electron chi connectivity index (χ3n) is 4.86. The van der Waals surface area contributed by atoms with Gasteiger partial charge in [-0.25, -0.2) is 4.39 Å². The highest BCUT2D eigenvalue weighted by molar-refractivity contribution is 9.10. The van der Waals surface area contributed by atoms with E-state index in [1.165, 1.54) is 24.8 Å². The zero-order valence-corrected chi connectivity index (χ0v) is 12.9. The van der Waals surface area contributed by atoms with Crippen LogP contribution in [0.2, 0.25) is 0 Å². The van der Waals surface area contributed by atoms with Crippen molar-refractivity contribution in [2.75, 3.05) is 6.54 Å². The van der Waals surface area contributed by atoms with Gasteiger partial charge in [0.05, 0.1) is 0 Å². The van der Waals surface area contributed by atoms with Crippen LogP contribution in [0.3, 0.4) is 0 Å². The Kier molecular flexibility index (Phi) is 3.95. The highest BCUT2D eigenvalue weighted by atomic mass is 79.9. The van der Waals surface area contributed by atoms with Crippen LogP contribution in [0.25, 0.3) is 0 Å². The Balaban J connectivity index is 1.71. The molecular weight excluding hydrogens is 305 g/mol. The first-order valence-corrected chi connectivity index (χ1v) is 8.17. The molecule has 0 saturated heterocycles. The number of halogens is 2. The van der Waals surface area contributed by atoms with E-state index in [2.05, 4.69) is 28.2 Å². The fourth-order valence-electron chi connectivity index (χ4n) is 4.00. The maximum atomic E-state index is 13.1. The first-order valence-electron chi connectivity index (χ1n) is 7.38. The standard InChI is InChI=1S/C16H21BrFN/c1-2-19-15(16-12-4-3-5-13(12)16)8-10-6-7-11(18)9-14(10)17/h6-7,9,12-13,15-16,19H,2-5,8H2,1H3. The second kappa shape index (κ2) is 5.53. The second-order valence-electron chi connectivity index (χ2n) is 5.94. The monoisotopic (exact) mass is 325 g/mol. The topological polar surface area (TPSA) is 12.0 Å². The molecule has 1 aromatic carbocycles. The highest BCUT2D eigenvalue weighted by Gasteiger charge is 2.55. The van der Waals surface area contributed by atoms with Crippen LogP contribution in [0.15, 0.2) is 22.7 Å². The lowest BCUT2D eigenvalue weighted by molar-refractivity contribution is 0.410. The fraction of sp³-hybridized carbons (Fsp3) is 0.625.